The van der Waals surface area contributed by atoms with Crippen molar-refractivity contribution in [3.63, 3.8) is 0 Å². The Balaban J connectivity index is 2.23. The molecule has 1 atom stereocenters. The van der Waals surface area contributed by atoms with Gasteiger partial charge >= 0.3 is 5.97 Å². The van der Waals surface area contributed by atoms with Crippen LogP contribution in [0.5, 0.6) is 0 Å². The van der Waals surface area contributed by atoms with Crippen LogP contribution in [0.4, 0.5) is 0 Å². The molecule has 0 radical (unpaired) electrons. The fourth-order valence-electron chi connectivity index (χ4n) is 1.52. The number of hydrogen-bond donors (Lipinski definition) is 1. The Bertz CT molecular complexity index is 544. The standard InChI is InChI=1S/C13H11IO4/c1-17-13(16)11-7-6-10(18-11)12(15)8-2-4-9(14)5-3-8/h2-7,12,15H,1H3. The molecule has 0 saturated heterocycles. The molecule has 1 aromatic heterocycles. The second-order valence-corrected chi connectivity index (χ2v) is 4.89. The zero-order chi connectivity index (χ0) is 13.1. The van der Waals surface area contributed by atoms with E-state index >= 15 is 0 Å². The third-order valence-corrected chi connectivity index (χ3v) is 3.19. The average Bonchev–Trinajstić information content (AvgIpc) is 2.87. The average molecular weight is 358 g/mol. The molecule has 0 bridgehead atoms. The number of furan rings is 1. The van der Waals surface area contributed by atoms with Gasteiger partial charge in [0.05, 0.1) is 7.11 Å². The van der Waals surface area contributed by atoms with Gasteiger partial charge in [-0.25, -0.2) is 4.79 Å². The monoisotopic (exact) mass is 358 g/mol. The Labute approximate surface area is 118 Å². The van der Waals surface area contributed by atoms with E-state index in [1.807, 2.05) is 24.3 Å². The van der Waals surface area contributed by atoms with Crippen molar-refractivity contribution in [2.24, 2.45) is 0 Å². The Kier molecular flexibility index (Phi) is 4.03. The first-order valence-electron chi connectivity index (χ1n) is 5.23. The van der Waals surface area contributed by atoms with E-state index in [1.165, 1.54) is 13.2 Å². The minimum absolute atomic E-state index is 0.0806. The normalized spacial score (nSPS) is 12.2. The summed E-state index contributed by atoms with van der Waals surface area (Å²) in [6.07, 6.45) is -0.889. The molecule has 18 heavy (non-hydrogen) atoms. The summed E-state index contributed by atoms with van der Waals surface area (Å²) < 4.78 is 10.9. The lowest BCUT2D eigenvalue weighted by molar-refractivity contribution is 0.0558. The van der Waals surface area contributed by atoms with Crippen LogP contribution in [0, 0.1) is 3.57 Å². The summed E-state index contributed by atoms with van der Waals surface area (Å²) in [7, 11) is 1.28. The van der Waals surface area contributed by atoms with Crippen LogP contribution in [0.3, 0.4) is 0 Å². The fraction of sp³-hybridized carbons (Fsp3) is 0.154. The molecule has 2 rings (SSSR count). The highest BCUT2D eigenvalue weighted by molar-refractivity contribution is 14.1. The molecule has 1 heterocycles. The Morgan fingerprint density at radius 2 is 1.94 bits per heavy atom. The molecule has 0 spiro atoms. The van der Waals surface area contributed by atoms with Gasteiger partial charge in [0.25, 0.3) is 0 Å². The van der Waals surface area contributed by atoms with Crippen LogP contribution in [0.25, 0.3) is 0 Å². The van der Waals surface area contributed by atoms with Crippen LogP contribution in [-0.4, -0.2) is 18.2 Å². The van der Waals surface area contributed by atoms with E-state index in [9.17, 15) is 9.90 Å². The summed E-state index contributed by atoms with van der Waals surface area (Å²) in [5.74, 6) is -0.162. The van der Waals surface area contributed by atoms with Crippen molar-refractivity contribution in [2.75, 3.05) is 7.11 Å². The summed E-state index contributed by atoms with van der Waals surface area (Å²) in [6.45, 7) is 0. The third kappa shape index (κ3) is 2.73. The van der Waals surface area contributed by atoms with Gasteiger partial charge in [-0.2, -0.15) is 0 Å². The smallest absolute Gasteiger partial charge is 0.373 e. The van der Waals surface area contributed by atoms with Gasteiger partial charge in [0.2, 0.25) is 5.76 Å². The topological polar surface area (TPSA) is 59.7 Å². The Morgan fingerprint density at radius 1 is 1.28 bits per heavy atom. The van der Waals surface area contributed by atoms with Gasteiger partial charge in [-0.05, 0) is 52.4 Å². The number of ether oxygens (including phenoxy) is 1. The third-order valence-electron chi connectivity index (χ3n) is 2.47. The van der Waals surface area contributed by atoms with Crippen molar-refractivity contribution in [3.05, 3.63) is 57.1 Å². The first-order valence-corrected chi connectivity index (χ1v) is 6.31. The van der Waals surface area contributed by atoms with Crippen molar-refractivity contribution in [2.45, 2.75) is 6.10 Å². The highest BCUT2D eigenvalue weighted by Gasteiger charge is 2.17. The van der Waals surface area contributed by atoms with Crippen molar-refractivity contribution in [3.8, 4) is 0 Å². The van der Waals surface area contributed by atoms with E-state index < -0.39 is 12.1 Å². The van der Waals surface area contributed by atoms with Crippen molar-refractivity contribution in [1.82, 2.24) is 0 Å². The van der Waals surface area contributed by atoms with Gasteiger partial charge in [-0.15, -0.1) is 0 Å². The van der Waals surface area contributed by atoms with Gasteiger partial charge < -0.3 is 14.3 Å². The number of halogens is 1. The van der Waals surface area contributed by atoms with E-state index in [0.29, 0.717) is 11.3 Å². The fourth-order valence-corrected chi connectivity index (χ4v) is 1.88. The predicted molar refractivity (Wildman–Crippen MR) is 73.3 cm³/mol. The van der Waals surface area contributed by atoms with E-state index in [0.717, 1.165) is 3.57 Å². The Morgan fingerprint density at radius 3 is 2.56 bits per heavy atom. The molecule has 0 saturated carbocycles. The zero-order valence-electron chi connectivity index (χ0n) is 9.59. The molecule has 1 aromatic carbocycles. The molecule has 0 fully saturated rings. The van der Waals surface area contributed by atoms with E-state index in [2.05, 4.69) is 27.3 Å². The van der Waals surface area contributed by atoms with Crippen molar-refractivity contribution >= 4 is 28.6 Å². The Hall–Kier alpha value is -1.34. The predicted octanol–water partition coefficient (Wildman–Crippen LogP) is 2.75. The van der Waals surface area contributed by atoms with Gasteiger partial charge in [-0.1, -0.05) is 12.1 Å². The van der Waals surface area contributed by atoms with Crippen LogP contribution in [0.15, 0.2) is 40.8 Å². The summed E-state index contributed by atoms with van der Waals surface area (Å²) in [5.41, 5.74) is 0.709. The van der Waals surface area contributed by atoms with Crippen molar-refractivity contribution < 1.29 is 19.1 Å². The van der Waals surface area contributed by atoms with Gasteiger partial charge in [0, 0.05) is 3.57 Å². The molecule has 94 valence electrons. The maximum atomic E-state index is 11.2. The number of aliphatic hydroxyl groups excluding tert-OH is 1. The molecule has 0 aliphatic heterocycles. The van der Waals surface area contributed by atoms with Gasteiger partial charge in [0.1, 0.15) is 11.9 Å². The second-order valence-electron chi connectivity index (χ2n) is 3.65. The molecule has 1 N–H and O–H groups in total. The van der Waals surface area contributed by atoms with Crippen LogP contribution in [0.2, 0.25) is 0 Å². The minimum Gasteiger partial charge on any atom is -0.463 e. The van der Waals surface area contributed by atoms with Gasteiger partial charge in [0.15, 0.2) is 0 Å². The van der Waals surface area contributed by atoms with E-state index in [1.54, 1.807) is 6.07 Å². The van der Waals surface area contributed by atoms with Crippen LogP contribution >= 0.6 is 22.6 Å². The maximum Gasteiger partial charge on any atom is 0.373 e. The molecule has 0 amide bonds. The molecule has 0 aliphatic rings. The number of rotatable bonds is 3. The van der Waals surface area contributed by atoms with E-state index in [4.69, 9.17) is 4.42 Å². The second kappa shape index (κ2) is 5.53. The minimum atomic E-state index is -0.889. The number of carbonyl (C=O) groups is 1. The molecular formula is C13H11IO4. The first-order chi connectivity index (χ1) is 8.61. The zero-order valence-corrected chi connectivity index (χ0v) is 11.7. The summed E-state index contributed by atoms with van der Waals surface area (Å²) in [5, 5.41) is 10.1. The number of carbonyl (C=O) groups excluding carboxylic acids is 1. The molecule has 1 unspecified atom stereocenters. The highest BCUT2D eigenvalue weighted by atomic mass is 127. The van der Waals surface area contributed by atoms with Crippen LogP contribution < -0.4 is 0 Å². The molecule has 5 heteroatoms. The number of aliphatic hydroxyl groups is 1. The highest BCUT2D eigenvalue weighted by Crippen LogP contribution is 2.24. The molecule has 4 nitrogen and oxygen atoms in total. The lowest BCUT2D eigenvalue weighted by Gasteiger charge is -2.07. The number of benzene rings is 1. The number of methoxy groups -OCH3 is 1. The SMILES string of the molecule is COC(=O)c1ccc(C(O)c2ccc(I)cc2)o1. The number of hydrogen-bond acceptors (Lipinski definition) is 4. The lowest BCUT2D eigenvalue weighted by Crippen LogP contribution is -2.00. The molecule has 2 aromatic rings. The molecule has 0 aliphatic carbocycles. The summed E-state index contributed by atoms with van der Waals surface area (Å²) in [6, 6.07) is 10.5. The summed E-state index contributed by atoms with van der Waals surface area (Å²) >= 11 is 2.19. The van der Waals surface area contributed by atoms with Crippen LogP contribution in [-0.2, 0) is 4.74 Å². The summed E-state index contributed by atoms with van der Waals surface area (Å²) in [4.78, 5) is 11.2. The molecular weight excluding hydrogens is 347 g/mol. The lowest BCUT2D eigenvalue weighted by atomic mass is 10.1. The van der Waals surface area contributed by atoms with Crippen molar-refractivity contribution in [1.29, 1.82) is 0 Å². The van der Waals surface area contributed by atoms with E-state index in [-0.39, 0.29) is 5.76 Å². The number of esters is 1. The van der Waals surface area contributed by atoms with Crippen LogP contribution in [0.1, 0.15) is 28.0 Å². The largest absolute Gasteiger partial charge is 0.463 e. The first kappa shape index (κ1) is 13.1. The van der Waals surface area contributed by atoms with Gasteiger partial charge in [-0.3, -0.25) is 0 Å². The maximum absolute atomic E-state index is 11.2. The quantitative estimate of drug-likeness (QED) is 0.677.